The molecule has 14 heavy (non-hydrogen) atoms. The van der Waals surface area contributed by atoms with E-state index in [1.165, 1.54) is 12.1 Å². The van der Waals surface area contributed by atoms with Crippen LogP contribution in [0.1, 0.15) is 11.1 Å². The number of hydrogen-bond acceptors (Lipinski definition) is 5. The van der Waals surface area contributed by atoms with E-state index in [0.29, 0.717) is 0 Å². The number of fused-ring (bicyclic) bond motifs is 1. The highest BCUT2D eigenvalue weighted by Gasteiger charge is 2.58. The summed E-state index contributed by atoms with van der Waals surface area (Å²) in [6.45, 7) is 1.74. The molecule has 5 nitrogen and oxygen atoms in total. The zero-order chi connectivity index (χ0) is 10.6. The molecule has 0 spiro atoms. The fourth-order valence-electron chi connectivity index (χ4n) is 1.41. The van der Waals surface area contributed by atoms with Crippen molar-refractivity contribution in [3.63, 3.8) is 0 Å². The van der Waals surface area contributed by atoms with Crippen molar-refractivity contribution in [1.29, 1.82) is 0 Å². The molecule has 1 aliphatic heterocycles. The quantitative estimate of drug-likeness (QED) is 0.408. The maximum absolute atomic E-state index is 9.43. The summed E-state index contributed by atoms with van der Waals surface area (Å²) in [4.78, 5) is 0. The first kappa shape index (κ1) is 9.42. The van der Waals surface area contributed by atoms with Gasteiger partial charge in [-0.1, -0.05) is 11.6 Å². The number of aliphatic hydroxyl groups is 4. The maximum atomic E-state index is 9.43. The van der Waals surface area contributed by atoms with E-state index in [9.17, 15) is 10.2 Å². The fourth-order valence-corrected chi connectivity index (χ4v) is 1.41. The average molecular weight is 198 g/mol. The van der Waals surface area contributed by atoms with Crippen LogP contribution in [-0.2, 0) is 5.79 Å². The lowest BCUT2D eigenvalue weighted by molar-refractivity contribution is -0.426. The van der Waals surface area contributed by atoms with Crippen molar-refractivity contribution in [1.82, 2.24) is 0 Å². The van der Waals surface area contributed by atoms with Crippen molar-refractivity contribution in [2.24, 2.45) is 0 Å². The second-order valence-electron chi connectivity index (χ2n) is 3.38. The second-order valence-corrected chi connectivity index (χ2v) is 3.38. The molecule has 0 saturated carbocycles. The van der Waals surface area contributed by atoms with E-state index in [0.717, 1.165) is 5.56 Å². The van der Waals surface area contributed by atoms with E-state index >= 15 is 0 Å². The Hall–Kier alpha value is -1.14. The third-order valence-corrected chi connectivity index (χ3v) is 2.22. The van der Waals surface area contributed by atoms with Crippen LogP contribution in [0.25, 0.3) is 0 Å². The highest BCUT2D eigenvalue weighted by molar-refractivity contribution is 5.43. The largest absolute Gasteiger partial charge is 0.434 e. The summed E-state index contributed by atoms with van der Waals surface area (Å²) < 4.78 is 4.58. The van der Waals surface area contributed by atoms with Crippen molar-refractivity contribution in [3.8, 4) is 5.75 Å². The van der Waals surface area contributed by atoms with Crippen LogP contribution in [0, 0.1) is 6.92 Å². The van der Waals surface area contributed by atoms with Crippen LogP contribution < -0.4 is 4.74 Å². The van der Waals surface area contributed by atoms with Crippen LogP contribution in [-0.4, -0.2) is 26.4 Å². The molecule has 5 heteroatoms. The first-order valence-electron chi connectivity index (χ1n) is 4.04. The van der Waals surface area contributed by atoms with E-state index in [4.69, 9.17) is 10.2 Å². The van der Waals surface area contributed by atoms with Gasteiger partial charge in [0, 0.05) is 0 Å². The van der Waals surface area contributed by atoms with Gasteiger partial charge in [-0.05, 0) is 19.1 Å². The predicted octanol–water partition coefficient (Wildman–Crippen LogP) is -0.837. The molecule has 0 saturated heterocycles. The van der Waals surface area contributed by atoms with Gasteiger partial charge in [0.1, 0.15) is 5.75 Å². The molecule has 0 aliphatic carbocycles. The molecule has 76 valence electrons. The molecular formula is C9H10O5. The Kier molecular flexibility index (Phi) is 1.65. The number of benzene rings is 1. The van der Waals surface area contributed by atoms with Gasteiger partial charge in [0.05, 0.1) is 5.56 Å². The predicted molar refractivity (Wildman–Crippen MR) is 45.1 cm³/mol. The van der Waals surface area contributed by atoms with Crippen LogP contribution in [0.5, 0.6) is 5.75 Å². The zero-order valence-electron chi connectivity index (χ0n) is 7.43. The third kappa shape index (κ3) is 1.04. The van der Waals surface area contributed by atoms with Gasteiger partial charge in [-0.15, -0.1) is 0 Å². The van der Waals surface area contributed by atoms with E-state index < -0.39 is 11.8 Å². The Morgan fingerprint density at radius 3 is 2.43 bits per heavy atom. The van der Waals surface area contributed by atoms with Crippen molar-refractivity contribution < 1.29 is 25.2 Å². The summed E-state index contributed by atoms with van der Waals surface area (Å²) in [5, 5.41) is 37.2. The van der Waals surface area contributed by atoms with Crippen LogP contribution in [0.2, 0.25) is 0 Å². The summed E-state index contributed by atoms with van der Waals surface area (Å²) in [5.74, 6) is -5.75. The standard InChI is InChI=1S/C9H10O5/c1-5-2-3-7-6(4-5)8(10,11)9(12,13)14-7/h2-4,10-13H,1H3. The van der Waals surface area contributed by atoms with Crippen LogP contribution in [0.4, 0.5) is 0 Å². The Bertz CT molecular complexity index is 383. The van der Waals surface area contributed by atoms with Crippen LogP contribution in [0.3, 0.4) is 0 Å². The van der Waals surface area contributed by atoms with Gasteiger partial charge < -0.3 is 25.2 Å². The molecule has 0 amide bonds. The highest BCUT2D eigenvalue weighted by atomic mass is 16.8. The van der Waals surface area contributed by atoms with Crippen LogP contribution >= 0.6 is 0 Å². The lowest BCUT2D eigenvalue weighted by Gasteiger charge is -2.25. The first-order chi connectivity index (χ1) is 6.34. The SMILES string of the molecule is Cc1ccc2c(c1)C(O)(O)C(O)(O)O2. The van der Waals surface area contributed by atoms with E-state index in [1.807, 2.05) is 0 Å². The summed E-state index contributed by atoms with van der Waals surface area (Å²) in [7, 11) is 0. The van der Waals surface area contributed by atoms with Crippen molar-refractivity contribution in [3.05, 3.63) is 29.3 Å². The van der Waals surface area contributed by atoms with Gasteiger partial charge in [-0.25, -0.2) is 0 Å². The molecule has 0 atom stereocenters. The zero-order valence-corrected chi connectivity index (χ0v) is 7.43. The van der Waals surface area contributed by atoms with E-state index in [-0.39, 0.29) is 11.3 Å². The number of rotatable bonds is 0. The summed E-state index contributed by atoms with van der Waals surface area (Å²) in [6.07, 6.45) is 0. The molecule has 0 aromatic heterocycles. The first-order valence-corrected chi connectivity index (χ1v) is 4.04. The summed E-state index contributed by atoms with van der Waals surface area (Å²) >= 11 is 0. The van der Waals surface area contributed by atoms with Gasteiger partial charge in [-0.2, -0.15) is 0 Å². The molecular weight excluding hydrogens is 188 g/mol. The Balaban J connectivity index is 2.62. The summed E-state index contributed by atoms with van der Waals surface area (Å²) in [5.41, 5.74) is 0.708. The Morgan fingerprint density at radius 2 is 1.79 bits per heavy atom. The molecule has 1 aliphatic rings. The average Bonchev–Trinajstić information content (AvgIpc) is 2.22. The van der Waals surface area contributed by atoms with Crippen molar-refractivity contribution >= 4 is 0 Å². The van der Waals surface area contributed by atoms with Gasteiger partial charge in [0.25, 0.3) is 5.79 Å². The minimum Gasteiger partial charge on any atom is -0.434 e. The van der Waals surface area contributed by atoms with Crippen molar-refractivity contribution in [2.75, 3.05) is 0 Å². The van der Waals surface area contributed by atoms with E-state index in [2.05, 4.69) is 4.74 Å². The minimum absolute atomic E-state index is 0.0469. The molecule has 0 unspecified atom stereocenters. The minimum atomic E-state index is -3.00. The molecule has 2 rings (SSSR count). The summed E-state index contributed by atoms with van der Waals surface area (Å²) in [6, 6.07) is 4.53. The van der Waals surface area contributed by atoms with Gasteiger partial charge in [-0.3, -0.25) is 0 Å². The Labute approximate surface area is 79.8 Å². The molecule has 4 N–H and O–H groups in total. The molecule has 0 fully saturated rings. The second kappa shape index (κ2) is 2.46. The van der Waals surface area contributed by atoms with E-state index in [1.54, 1.807) is 13.0 Å². The molecule has 0 bridgehead atoms. The number of hydrogen-bond donors (Lipinski definition) is 4. The molecule has 1 aromatic rings. The van der Waals surface area contributed by atoms with Gasteiger partial charge in [0.2, 0.25) is 0 Å². The lowest BCUT2D eigenvalue weighted by Crippen LogP contribution is -2.51. The topological polar surface area (TPSA) is 90.2 Å². The van der Waals surface area contributed by atoms with Gasteiger partial charge >= 0.3 is 5.97 Å². The number of ether oxygens (including phenoxy) is 1. The van der Waals surface area contributed by atoms with Crippen molar-refractivity contribution in [2.45, 2.75) is 18.7 Å². The smallest absolute Gasteiger partial charge is 0.384 e. The molecule has 1 heterocycles. The molecule has 1 aromatic carbocycles. The molecule has 0 radical (unpaired) electrons. The highest BCUT2D eigenvalue weighted by Crippen LogP contribution is 2.43. The number of aryl methyl sites for hydroxylation is 1. The third-order valence-electron chi connectivity index (χ3n) is 2.22. The maximum Gasteiger partial charge on any atom is 0.384 e. The fraction of sp³-hybridized carbons (Fsp3) is 0.333. The lowest BCUT2D eigenvalue weighted by atomic mass is 10.0. The van der Waals surface area contributed by atoms with Crippen LogP contribution in [0.15, 0.2) is 18.2 Å². The Morgan fingerprint density at radius 1 is 1.14 bits per heavy atom. The monoisotopic (exact) mass is 198 g/mol. The van der Waals surface area contributed by atoms with Gasteiger partial charge in [0.15, 0.2) is 0 Å². The normalized spacial score (nSPS) is 21.5.